The van der Waals surface area contributed by atoms with Crippen molar-refractivity contribution in [3.63, 3.8) is 0 Å². The van der Waals surface area contributed by atoms with Crippen molar-refractivity contribution >= 4 is 17.6 Å². The predicted octanol–water partition coefficient (Wildman–Crippen LogP) is 4.48. The molecule has 1 heterocycles. The van der Waals surface area contributed by atoms with Gasteiger partial charge in [0, 0.05) is 18.1 Å². The summed E-state index contributed by atoms with van der Waals surface area (Å²) in [5.41, 5.74) is 4.21. The second kappa shape index (κ2) is 7.93. The number of rotatable bonds is 5. The van der Waals surface area contributed by atoms with Gasteiger partial charge in [0.25, 0.3) is 0 Å². The smallest absolute Gasteiger partial charge is 0.122 e. The topological polar surface area (TPSA) is 69.0 Å². The molecule has 0 bridgehead atoms. The summed E-state index contributed by atoms with van der Waals surface area (Å²) >= 11 is 0. The van der Waals surface area contributed by atoms with E-state index in [0.29, 0.717) is 0 Å². The number of nitrogens with zero attached hydrogens (tertiary/aromatic N) is 1. The molecule has 4 heteroatoms. The Morgan fingerprint density at radius 2 is 1.76 bits per heavy atom. The molecule has 124 valence electrons. The Bertz CT molecular complexity index is 854. The lowest BCUT2D eigenvalue weighted by Gasteiger charge is -2.04. The van der Waals surface area contributed by atoms with E-state index in [1.165, 1.54) is 11.1 Å². The summed E-state index contributed by atoms with van der Waals surface area (Å²) < 4.78 is 0. The van der Waals surface area contributed by atoms with Gasteiger partial charge in [-0.25, -0.2) is 0 Å². The van der Waals surface area contributed by atoms with Gasteiger partial charge in [-0.05, 0) is 59.5 Å². The van der Waals surface area contributed by atoms with E-state index in [2.05, 4.69) is 28.5 Å². The third-order valence-electron chi connectivity index (χ3n) is 3.70. The molecule has 0 aliphatic carbocycles. The summed E-state index contributed by atoms with van der Waals surface area (Å²) in [5.74, 6) is 0.490. The number of phenolic OH excluding ortho intramolecular Hbond substituents is 1. The fourth-order valence-electron chi connectivity index (χ4n) is 2.41. The van der Waals surface area contributed by atoms with Crippen molar-refractivity contribution in [1.82, 2.24) is 4.98 Å². The van der Waals surface area contributed by atoms with Gasteiger partial charge in [-0.15, -0.1) is 0 Å². The molecule has 0 radical (unpaired) electrons. The van der Waals surface area contributed by atoms with Gasteiger partial charge in [-0.1, -0.05) is 36.4 Å². The predicted molar refractivity (Wildman–Crippen MR) is 102 cm³/mol. The third-order valence-corrected chi connectivity index (χ3v) is 3.70. The molecule has 3 aromatic rings. The second-order valence-corrected chi connectivity index (χ2v) is 5.70. The zero-order chi connectivity index (χ0) is 17.5. The summed E-state index contributed by atoms with van der Waals surface area (Å²) in [5, 5.41) is 20.2. The van der Waals surface area contributed by atoms with Crippen molar-refractivity contribution in [2.75, 3.05) is 5.32 Å². The number of anilines is 1. The van der Waals surface area contributed by atoms with Crippen molar-refractivity contribution in [2.24, 2.45) is 0 Å². The summed E-state index contributed by atoms with van der Waals surface area (Å²) in [4.78, 5) is 4.13. The SMILES string of the molecule is N=C(/C=C/c1ccc(Cc2cccnc2)cc1)Nc1ccc(O)cc1. The number of aromatic nitrogens is 1. The van der Waals surface area contributed by atoms with E-state index in [9.17, 15) is 5.11 Å². The Hall–Kier alpha value is -3.40. The average molecular weight is 329 g/mol. The summed E-state index contributed by atoms with van der Waals surface area (Å²) in [7, 11) is 0. The Morgan fingerprint density at radius 3 is 2.44 bits per heavy atom. The normalized spacial score (nSPS) is 10.7. The van der Waals surface area contributed by atoms with Crippen LogP contribution in [0.2, 0.25) is 0 Å². The van der Waals surface area contributed by atoms with Crippen LogP contribution in [0.1, 0.15) is 16.7 Å². The summed E-state index contributed by atoms with van der Waals surface area (Å²) in [6.45, 7) is 0. The fourth-order valence-corrected chi connectivity index (χ4v) is 2.41. The molecule has 0 spiro atoms. The number of pyridine rings is 1. The average Bonchev–Trinajstić information content (AvgIpc) is 2.64. The highest BCUT2D eigenvalue weighted by Gasteiger charge is 1.97. The van der Waals surface area contributed by atoms with Gasteiger partial charge in [-0.3, -0.25) is 10.4 Å². The van der Waals surface area contributed by atoms with E-state index in [0.717, 1.165) is 17.7 Å². The number of hydrogen-bond acceptors (Lipinski definition) is 3. The summed E-state index contributed by atoms with van der Waals surface area (Å²) in [6, 6.07) is 18.9. The van der Waals surface area contributed by atoms with Crippen molar-refractivity contribution in [3.8, 4) is 5.75 Å². The van der Waals surface area contributed by atoms with Crippen LogP contribution in [0.4, 0.5) is 5.69 Å². The van der Waals surface area contributed by atoms with Crippen LogP contribution in [0.5, 0.6) is 5.75 Å². The molecule has 0 saturated heterocycles. The first kappa shape index (κ1) is 16.5. The first-order valence-electron chi connectivity index (χ1n) is 7.99. The van der Waals surface area contributed by atoms with E-state index in [4.69, 9.17) is 5.41 Å². The molecule has 3 rings (SSSR count). The third kappa shape index (κ3) is 5.04. The van der Waals surface area contributed by atoms with Crippen LogP contribution in [0, 0.1) is 5.41 Å². The van der Waals surface area contributed by atoms with Crippen LogP contribution in [0.15, 0.2) is 79.1 Å². The maximum Gasteiger partial charge on any atom is 0.122 e. The lowest BCUT2D eigenvalue weighted by molar-refractivity contribution is 0.475. The number of amidine groups is 1. The van der Waals surface area contributed by atoms with Crippen molar-refractivity contribution in [1.29, 1.82) is 5.41 Å². The molecule has 4 nitrogen and oxygen atoms in total. The molecule has 0 aliphatic heterocycles. The molecular weight excluding hydrogens is 310 g/mol. The van der Waals surface area contributed by atoms with Crippen molar-refractivity contribution in [3.05, 3.63) is 95.8 Å². The minimum Gasteiger partial charge on any atom is -0.508 e. The highest BCUT2D eigenvalue weighted by Crippen LogP contribution is 2.14. The van der Waals surface area contributed by atoms with E-state index >= 15 is 0 Å². The van der Waals surface area contributed by atoms with Gasteiger partial charge in [-0.2, -0.15) is 0 Å². The standard InChI is InChI=1S/C21H19N3O/c22-21(24-19-8-10-20(25)11-9-19)12-7-16-3-5-17(6-4-16)14-18-2-1-13-23-15-18/h1-13,15,25H,14H2,(H2,22,24)/b12-7+. The number of benzene rings is 2. The van der Waals surface area contributed by atoms with Crippen LogP contribution in [0.25, 0.3) is 6.08 Å². The first-order chi connectivity index (χ1) is 12.2. The van der Waals surface area contributed by atoms with E-state index in [1.54, 1.807) is 36.5 Å². The molecular formula is C21H19N3O. The number of nitrogens with one attached hydrogen (secondary N) is 2. The first-order valence-corrected chi connectivity index (χ1v) is 7.99. The number of hydrogen-bond donors (Lipinski definition) is 3. The molecule has 2 aromatic carbocycles. The Balaban J connectivity index is 1.57. The Kier molecular flexibility index (Phi) is 5.22. The van der Waals surface area contributed by atoms with Crippen molar-refractivity contribution in [2.45, 2.75) is 6.42 Å². The maximum atomic E-state index is 9.26. The van der Waals surface area contributed by atoms with Crippen LogP contribution in [-0.2, 0) is 6.42 Å². The number of phenols is 1. The molecule has 0 amide bonds. The molecule has 3 N–H and O–H groups in total. The molecule has 0 atom stereocenters. The van der Waals surface area contributed by atoms with Crippen LogP contribution < -0.4 is 5.32 Å². The molecule has 1 aromatic heterocycles. The lowest BCUT2D eigenvalue weighted by Crippen LogP contribution is -2.06. The van der Waals surface area contributed by atoms with Gasteiger partial charge < -0.3 is 10.4 Å². The van der Waals surface area contributed by atoms with Gasteiger partial charge in [0.05, 0.1) is 0 Å². The molecule has 0 fully saturated rings. The molecule has 0 saturated carbocycles. The second-order valence-electron chi connectivity index (χ2n) is 5.70. The summed E-state index contributed by atoms with van der Waals surface area (Å²) in [6.07, 6.45) is 8.12. The van der Waals surface area contributed by atoms with Gasteiger partial charge in [0.2, 0.25) is 0 Å². The lowest BCUT2D eigenvalue weighted by atomic mass is 10.0. The molecule has 0 aliphatic rings. The van der Waals surface area contributed by atoms with E-state index < -0.39 is 0 Å². The number of aromatic hydroxyl groups is 1. The quantitative estimate of drug-likeness (QED) is 0.367. The van der Waals surface area contributed by atoms with Gasteiger partial charge >= 0.3 is 0 Å². The van der Waals surface area contributed by atoms with Gasteiger partial charge in [0.1, 0.15) is 11.6 Å². The maximum absolute atomic E-state index is 9.26. The highest BCUT2D eigenvalue weighted by molar-refractivity contribution is 6.03. The fraction of sp³-hybridized carbons (Fsp3) is 0.0476. The minimum absolute atomic E-state index is 0.207. The van der Waals surface area contributed by atoms with E-state index in [1.807, 2.05) is 30.5 Å². The molecule has 25 heavy (non-hydrogen) atoms. The minimum atomic E-state index is 0.207. The Morgan fingerprint density at radius 1 is 1.00 bits per heavy atom. The van der Waals surface area contributed by atoms with Crippen LogP contribution in [0.3, 0.4) is 0 Å². The molecule has 0 unspecified atom stereocenters. The monoisotopic (exact) mass is 329 g/mol. The highest BCUT2D eigenvalue weighted by atomic mass is 16.3. The van der Waals surface area contributed by atoms with E-state index in [-0.39, 0.29) is 11.6 Å². The van der Waals surface area contributed by atoms with Crippen LogP contribution >= 0.6 is 0 Å². The van der Waals surface area contributed by atoms with Crippen LogP contribution in [-0.4, -0.2) is 15.9 Å². The Labute approximate surface area is 147 Å². The van der Waals surface area contributed by atoms with Crippen molar-refractivity contribution < 1.29 is 5.11 Å². The van der Waals surface area contributed by atoms with Gasteiger partial charge in [0.15, 0.2) is 0 Å². The largest absolute Gasteiger partial charge is 0.508 e. The zero-order valence-electron chi connectivity index (χ0n) is 13.7. The zero-order valence-corrected chi connectivity index (χ0v) is 13.7.